The Labute approximate surface area is 74.6 Å². The summed E-state index contributed by atoms with van der Waals surface area (Å²) in [4.78, 5) is 2.39. The smallest absolute Gasteiger partial charge is 0.0931 e. The summed E-state index contributed by atoms with van der Waals surface area (Å²) in [5.41, 5.74) is 0. The van der Waals surface area contributed by atoms with Gasteiger partial charge in [-0.3, -0.25) is 4.90 Å². The van der Waals surface area contributed by atoms with Gasteiger partial charge in [0.05, 0.1) is 19.3 Å². The second kappa shape index (κ2) is 4.80. The van der Waals surface area contributed by atoms with Gasteiger partial charge in [-0.1, -0.05) is 0 Å². The van der Waals surface area contributed by atoms with E-state index in [4.69, 9.17) is 9.47 Å². The predicted molar refractivity (Wildman–Crippen MR) is 48.3 cm³/mol. The summed E-state index contributed by atoms with van der Waals surface area (Å²) < 4.78 is 10.7. The minimum Gasteiger partial charge on any atom is -0.378 e. The van der Waals surface area contributed by atoms with Gasteiger partial charge < -0.3 is 9.47 Å². The summed E-state index contributed by atoms with van der Waals surface area (Å²) in [6.07, 6.45) is 0.245. The average Bonchev–Trinajstić information content (AvgIpc) is 2.28. The lowest BCUT2D eigenvalue weighted by molar-refractivity contribution is 0.0212. The van der Waals surface area contributed by atoms with Gasteiger partial charge in [-0.15, -0.1) is 0 Å². The lowest BCUT2D eigenvalue weighted by atomic mass is 10.2. The monoisotopic (exact) mass is 173 g/mol. The lowest BCUT2D eigenvalue weighted by Gasteiger charge is -2.26. The van der Waals surface area contributed by atoms with Crippen LogP contribution in [0.4, 0.5) is 0 Å². The minimum absolute atomic E-state index is 0.245. The molecular formula is C9H19NO2. The van der Waals surface area contributed by atoms with Crippen molar-refractivity contribution in [3.05, 3.63) is 0 Å². The molecule has 0 aliphatic carbocycles. The highest BCUT2D eigenvalue weighted by Crippen LogP contribution is 2.06. The van der Waals surface area contributed by atoms with Crippen molar-refractivity contribution in [3.8, 4) is 0 Å². The first-order valence-corrected chi connectivity index (χ1v) is 4.58. The largest absolute Gasteiger partial charge is 0.378 e. The van der Waals surface area contributed by atoms with Crippen LogP contribution in [-0.4, -0.2) is 50.5 Å². The van der Waals surface area contributed by atoms with Gasteiger partial charge in [0.25, 0.3) is 0 Å². The van der Waals surface area contributed by atoms with Crippen LogP contribution in [0, 0.1) is 0 Å². The molecule has 3 heteroatoms. The van der Waals surface area contributed by atoms with Gasteiger partial charge in [0.1, 0.15) is 0 Å². The molecule has 0 aromatic carbocycles. The molecule has 72 valence electrons. The maximum Gasteiger partial charge on any atom is 0.0931 e. The lowest BCUT2D eigenvalue weighted by Crippen LogP contribution is -2.38. The van der Waals surface area contributed by atoms with Crippen LogP contribution in [0.25, 0.3) is 0 Å². The molecule has 0 spiro atoms. The topological polar surface area (TPSA) is 21.7 Å². The van der Waals surface area contributed by atoms with E-state index in [1.807, 2.05) is 0 Å². The van der Waals surface area contributed by atoms with Crippen LogP contribution in [0.15, 0.2) is 0 Å². The van der Waals surface area contributed by atoms with E-state index in [9.17, 15) is 0 Å². The molecule has 3 nitrogen and oxygen atoms in total. The van der Waals surface area contributed by atoms with Crippen molar-refractivity contribution in [3.63, 3.8) is 0 Å². The second-order valence-electron chi connectivity index (χ2n) is 3.52. The maximum absolute atomic E-state index is 5.41. The molecule has 1 aliphatic rings. The van der Waals surface area contributed by atoms with E-state index in [0.717, 1.165) is 26.3 Å². The van der Waals surface area contributed by atoms with Gasteiger partial charge >= 0.3 is 0 Å². The Hall–Kier alpha value is -0.120. The van der Waals surface area contributed by atoms with Crippen LogP contribution in [0.1, 0.15) is 13.8 Å². The molecule has 1 aliphatic heterocycles. The fourth-order valence-electron chi connectivity index (χ4n) is 1.41. The van der Waals surface area contributed by atoms with Crippen LogP contribution >= 0.6 is 0 Å². The molecule has 0 aromatic heterocycles. The third-order valence-electron chi connectivity index (χ3n) is 2.33. The second-order valence-corrected chi connectivity index (χ2v) is 3.52. The molecule has 0 N–H and O–H groups in total. The highest BCUT2D eigenvalue weighted by Gasteiger charge is 2.19. The zero-order valence-electron chi connectivity index (χ0n) is 8.25. The molecule has 0 amide bonds. The molecule has 1 fully saturated rings. The third kappa shape index (κ3) is 2.73. The number of ether oxygens (including phenoxy) is 2. The maximum atomic E-state index is 5.41. The van der Waals surface area contributed by atoms with E-state index in [0.29, 0.717) is 6.04 Å². The molecule has 0 aromatic rings. The van der Waals surface area contributed by atoms with E-state index in [1.54, 1.807) is 7.11 Å². The normalized spacial score (nSPS) is 27.5. The zero-order valence-corrected chi connectivity index (χ0v) is 8.25. The van der Waals surface area contributed by atoms with Crippen molar-refractivity contribution >= 4 is 0 Å². The van der Waals surface area contributed by atoms with E-state index in [2.05, 4.69) is 18.7 Å². The number of nitrogens with zero attached hydrogens (tertiary/aromatic N) is 1. The van der Waals surface area contributed by atoms with Gasteiger partial charge in [-0.2, -0.15) is 0 Å². The van der Waals surface area contributed by atoms with Gasteiger partial charge in [0.15, 0.2) is 0 Å². The molecule has 1 heterocycles. The van der Waals surface area contributed by atoms with Gasteiger partial charge in [0.2, 0.25) is 0 Å². The molecule has 1 saturated heterocycles. The Kier molecular flexibility index (Phi) is 3.98. The summed E-state index contributed by atoms with van der Waals surface area (Å²) in [5.74, 6) is 0. The van der Waals surface area contributed by atoms with E-state index >= 15 is 0 Å². The van der Waals surface area contributed by atoms with Crippen molar-refractivity contribution in [2.45, 2.75) is 26.0 Å². The Balaban J connectivity index is 2.42. The standard InChI is InChI=1S/C9H19NO2/c1-8(2)10-4-5-12-7-9(6-10)11-3/h8-9H,4-7H2,1-3H3/t9-/m0/s1. The number of rotatable bonds is 2. The van der Waals surface area contributed by atoms with Crippen molar-refractivity contribution in [2.24, 2.45) is 0 Å². The highest BCUT2D eigenvalue weighted by molar-refractivity contribution is 4.71. The van der Waals surface area contributed by atoms with E-state index in [1.165, 1.54) is 0 Å². The Morgan fingerprint density at radius 3 is 2.83 bits per heavy atom. The first-order valence-electron chi connectivity index (χ1n) is 4.58. The van der Waals surface area contributed by atoms with Crippen LogP contribution in [0.2, 0.25) is 0 Å². The average molecular weight is 173 g/mol. The quantitative estimate of drug-likeness (QED) is 0.615. The molecule has 0 unspecified atom stereocenters. The van der Waals surface area contributed by atoms with Gasteiger partial charge in [-0.05, 0) is 13.8 Å². The first-order chi connectivity index (χ1) is 5.74. The van der Waals surface area contributed by atoms with Crippen LogP contribution in [0.5, 0.6) is 0 Å². The molecular weight excluding hydrogens is 154 g/mol. The fraction of sp³-hybridized carbons (Fsp3) is 1.00. The molecule has 0 radical (unpaired) electrons. The van der Waals surface area contributed by atoms with Crippen LogP contribution in [-0.2, 0) is 9.47 Å². The summed E-state index contributed by atoms with van der Waals surface area (Å²) in [5, 5.41) is 0. The van der Waals surface area contributed by atoms with E-state index < -0.39 is 0 Å². The summed E-state index contributed by atoms with van der Waals surface area (Å²) in [6.45, 7) is 8.00. The first kappa shape index (κ1) is 9.96. The Bertz CT molecular complexity index is 128. The number of hydrogen-bond acceptors (Lipinski definition) is 3. The minimum atomic E-state index is 0.245. The van der Waals surface area contributed by atoms with Crippen molar-refractivity contribution in [1.82, 2.24) is 4.90 Å². The Morgan fingerprint density at radius 1 is 1.50 bits per heavy atom. The molecule has 1 atom stereocenters. The summed E-state index contributed by atoms with van der Waals surface area (Å²) in [6, 6.07) is 0.587. The van der Waals surface area contributed by atoms with Crippen LogP contribution in [0.3, 0.4) is 0 Å². The Morgan fingerprint density at radius 2 is 2.25 bits per heavy atom. The molecule has 0 saturated carbocycles. The fourth-order valence-corrected chi connectivity index (χ4v) is 1.41. The van der Waals surface area contributed by atoms with Gasteiger partial charge in [-0.25, -0.2) is 0 Å². The molecule has 1 rings (SSSR count). The van der Waals surface area contributed by atoms with Crippen LogP contribution < -0.4 is 0 Å². The highest BCUT2D eigenvalue weighted by atomic mass is 16.5. The zero-order chi connectivity index (χ0) is 8.97. The van der Waals surface area contributed by atoms with Crippen molar-refractivity contribution < 1.29 is 9.47 Å². The number of methoxy groups -OCH3 is 1. The predicted octanol–water partition coefficient (Wildman–Crippen LogP) is 0.742. The SMILES string of the molecule is CO[C@@H]1COCCN(C(C)C)C1. The number of hydrogen-bond donors (Lipinski definition) is 0. The molecule has 12 heavy (non-hydrogen) atoms. The third-order valence-corrected chi connectivity index (χ3v) is 2.33. The summed E-state index contributed by atoms with van der Waals surface area (Å²) in [7, 11) is 1.75. The van der Waals surface area contributed by atoms with Crippen molar-refractivity contribution in [2.75, 3.05) is 33.4 Å². The summed E-state index contributed by atoms with van der Waals surface area (Å²) >= 11 is 0. The van der Waals surface area contributed by atoms with Crippen molar-refractivity contribution in [1.29, 1.82) is 0 Å². The van der Waals surface area contributed by atoms with E-state index in [-0.39, 0.29) is 6.10 Å². The van der Waals surface area contributed by atoms with Gasteiger partial charge in [0, 0.05) is 26.2 Å². The molecule has 0 bridgehead atoms.